The maximum Gasteiger partial charge on any atom is 0.241 e. The zero-order chi connectivity index (χ0) is 16.7. The van der Waals surface area contributed by atoms with Crippen molar-refractivity contribution in [3.05, 3.63) is 70.2 Å². The predicted molar refractivity (Wildman–Crippen MR) is 96.2 cm³/mol. The zero-order valence-electron chi connectivity index (χ0n) is 13.3. The van der Waals surface area contributed by atoms with Gasteiger partial charge in [-0.15, -0.1) is 5.10 Å². The van der Waals surface area contributed by atoms with Crippen LogP contribution in [0.5, 0.6) is 0 Å². The molecule has 1 aromatic heterocycles. The number of nitrogens with one attached hydrogen (secondary N) is 1. The van der Waals surface area contributed by atoms with Gasteiger partial charge in [-0.3, -0.25) is 0 Å². The summed E-state index contributed by atoms with van der Waals surface area (Å²) in [5.74, 6) is 0.938. The molecule has 2 aromatic carbocycles. The van der Waals surface area contributed by atoms with Gasteiger partial charge in [-0.05, 0) is 30.5 Å². The molecule has 0 unspecified atom stereocenters. The molecule has 1 aliphatic heterocycles. The van der Waals surface area contributed by atoms with Crippen LogP contribution in [0.1, 0.15) is 35.2 Å². The minimum absolute atomic E-state index is 0.00828. The van der Waals surface area contributed by atoms with Gasteiger partial charge in [-0.1, -0.05) is 59.6 Å². The third kappa shape index (κ3) is 2.61. The second-order valence-corrected chi connectivity index (χ2v) is 6.53. The number of nitrogen functional groups attached to an aromatic ring is 1. The van der Waals surface area contributed by atoms with E-state index in [1.54, 1.807) is 0 Å². The smallest absolute Gasteiger partial charge is 0.241 e. The van der Waals surface area contributed by atoms with Gasteiger partial charge in [-0.2, -0.15) is 4.98 Å². The lowest BCUT2D eigenvalue weighted by atomic mass is 9.93. The monoisotopic (exact) mass is 339 g/mol. The molecule has 24 heavy (non-hydrogen) atoms. The van der Waals surface area contributed by atoms with Gasteiger partial charge < -0.3 is 11.1 Å². The Morgan fingerprint density at radius 2 is 1.92 bits per heavy atom. The van der Waals surface area contributed by atoms with Crippen molar-refractivity contribution in [1.29, 1.82) is 0 Å². The van der Waals surface area contributed by atoms with Crippen molar-refractivity contribution in [2.45, 2.75) is 25.4 Å². The van der Waals surface area contributed by atoms with E-state index in [1.807, 2.05) is 28.9 Å². The van der Waals surface area contributed by atoms with Crippen molar-refractivity contribution >= 4 is 23.5 Å². The van der Waals surface area contributed by atoms with Crippen LogP contribution in [0, 0.1) is 6.92 Å². The molecule has 3 N–H and O–H groups in total. The van der Waals surface area contributed by atoms with E-state index in [-0.39, 0.29) is 18.0 Å². The molecule has 0 saturated carbocycles. The molecule has 122 valence electrons. The first kappa shape index (κ1) is 15.0. The standard InChI is InChI=1S/C18H18ClN5/c1-11-6-8-12(9-7-11)15-10-16(13-4-2-3-5-14(13)19)24-18(21-15)22-17(20)23-24/h2-9,15-16H,10H2,1H3,(H3,20,21,22,23)/t15-,16+/m0/s1. The summed E-state index contributed by atoms with van der Waals surface area (Å²) in [5, 5.41) is 8.52. The number of nitrogens with zero attached hydrogens (tertiary/aromatic N) is 3. The molecular formula is C18H18ClN5. The van der Waals surface area contributed by atoms with Gasteiger partial charge in [0.1, 0.15) is 0 Å². The van der Waals surface area contributed by atoms with Crippen LogP contribution in [0.3, 0.4) is 0 Å². The molecule has 2 atom stereocenters. The normalized spacial score (nSPS) is 19.6. The quantitative estimate of drug-likeness (QED) is 0.741. The Kier molecular flexibility index (Phi) is 3.65. The summed E-state index contributed by atoms with van der Waals surface area (Å²) in [6.45, 7) is 2.09. The highest BCUT2D eigenvalue weighted by Gasteiger charge is 2.31. The highest BCUT2D eigenvalue weighted by molar-refractivity contribution is 6.31. The van der Waals surface area contributed by atoms with E-state index in [4.69, 9.17) is 17.3 Å². The number of aryl methyl sites for hydroxylation is 1. The molecule has 6 heteroatoms. The number of nitrogens with two attached hydrogens (primary N) is 1. The number of fused-ring (bicyclic) bond motifs is 1. The van der Waals surface area contributed by atoms with Crippen LogP contribution in [0.2, 0.25) is 5.02 Å². The van der Waals surface area contributed by atoms with E-state index in [1.165, 1.54) is 11.1 Å². The summed E-state index contributed by atoms with van der Waals surface area (Å²) >= 11 is 6.43. The molecule has 1 aliphatic rings. The second kappa shape index (κ2) is 5.83. The van der Waals surface area contributed by atoms with Crippen molar-refractivity contribution in [2.24, 2.45) is 0 Å². The first-order valence-electron chi connectivity index (χ1n) is 7.91. The van der Waals surface area contributed by atoms with E-state index in [0.29, 0.717) is 5.95 Å². The number of hydrogen-bond donors (Lipinski definition) is 2. The Hall–Kier alpha value is -2.53. The maximum absolute atomic E-state index is 6.43. The molecule has 2 heterocycles. The lowest BCUT2D eigenvalue weighted by Crippen LogP contribution is -2.28. The van der Waals surface area contributed by atoms with E-state index in [2.05, 4.69) is 46.6 Å². The van der Waals surface area contributed by atoms with Gasteiger partial charge in [0.25, 0.3) is 0 Å². The number of anilines is 2. The highest BCUT2D eigenvalue weighted by atomic mass is 35.5. The average Bonchev–Trinajstić information content (AvgIpc) is 2.95. The molecule has 5 nitrogen and oxygen atoms in total. The van der Waals surface area contributed by atoms with E-state index in [0.717, 1.165) is 17.0 Å². The number of aromatic nitrogens is 3. The topological polar surface area (TPSA) is 68.8 Å². The second-order valence-electron chi connectivity index (χ2n) is 6.12. The van der Waals surface area contributed by atoms with Crippen LogP contribution in [0.4, 0.5) is 11.9 Å². The Labute approximate surface area is 145 Å². The van der Waals surface area contributed by atoms with Gasteiger partial charge in [0.05, 0.1) is 12.1 Å². The number of rotatable bonds is 2. The van der Waals surface area contributed by atoms with Crippen molar-refractivity contribution in [1.82, 2.24) is 14.8 Å². The molecule has 0 amide bonds. The Bertz CT molecular complexity index is 871. The average molecular weight is 340 g/mol. The van der Waals surface area contributed by atoms with Gasteiger partial charge >= 0.3 is 0 Å². The molecule has 0 fully saturated rings. The minimum atomic E-state index is -0.00828. The van der Waals surface area contributed by atoms with Crippen molar-refractivity contribution in [2.75, 3.05) is 11.1 Å². The Morgan fingerprint density at radius 1 is 1.17 bits per heavy atom. The van der Waals surface area contributed by atoms with E-state index < -0.39 is 0 Å². The molecule has 3 aromatic rings. The largest absolute Gasteiger partial charge is 0.366 e. The number of hydrogen-bond acceptors (Lipinski definition) is 4. The predicted octanol–water partition coefficient (Wildman–Crippen LogP) is 3.97. The molecule has 0 bridgehead atoms. The fourth-order valence-corrected chi connectivity index (χ4v) is 3.48. The van der Waals surface area contributed by atoms with Gasteiger partial charge in [0.2, 0.25) is 11.9 Å². The molecular weight excluding hydrogens is 322 g/mol. The van der Waals surface area contributed by atoms with Gasteiger partial charge in [-0.25, -0.2) is 4.68 Å². The van der Waals surface area contributed by atoms with Gasteiger partial charge in [0.15, 0.2) is 0 Å². The number of halogens is 1. The summed E-state index contributed by atoms with van der Waals surface area (Å²) < 4.78 is 1.83. The molecule has 0 saturated heterocycles. The van der Waals surface area contributed by atoms with E-state index >= 15 is 0 Å². The summed E-state index contributed by atoms with van der Waals surface area (Å²) in [7, 11) is 0. The van der Waals surface area contributed by atoms with Crippen molar-refractivity contribution < 1.29 is 0 Å². The first-order chi connectivity index (χ1) is 11.6. The van der Waals surface area contributed by atoms with Crippen molar-refractivity contribution in [3.8, 4) is 0 Å². The van der Waals surface area contributed by atoms with E-state index in [9.17, 15) is 0 Å². The molecule has 0 aliphatic carbocycles. The van der Waals surface area contributed by atoms with Crippen LogP contribution in [-0.4, -0.2) is 14.8 Å². The Morgan fingerprint density at radius 3 is 2.67 bits per heavy atom. The fraction of sp³-hybridized carbons (Fsp3) is 0.222. The Balaban J connectivity index is 1.78. The highest BCUT2D eigenvalue weighted by Crippen LogP contribution is 2.40. The fourth-order valence-electron chi connectivity index (χ4n) is 3.22. The lowest BCUT2D eigenvalue weighted by molar-refractivity contribution is 0.431. The summed E-state index contributed by atoms with van der Waals surface area (Å²) in [6.07, 6.45) is 0.822. The van der Waals surface area contributed by atoms with Crippen LogP contribution >= 0.6 is 11.6 Å². The summed E-state index contributed by atoms with van der Waals surface area (Å²) in [6, 6.07) is 16.5. The molecule has 4 rings (SSSR count). The molecule has 0 spiro atoms. The maximum atomic E-state index is 6.43. The molecule has 0 radical (unpaired) electrons. The number of benzene rings is 2. The third-order valence-electron chi connectivity index (χ3n) is 4.45. The summed E-state index contributed by atoms with van der Waals surface area (Å²) in [4.78, 5) is 4.33. The SMILES string of the molecule is Cc1ccc([C@@H]2C[C@H](c3ccccc3Cl)n3nc(N)nc3N2)cc1. The van der Waals surface area contributed by atoms with Crippen molar-refractivity contribution in [3.63, 3.8) is 0 Å². The van der Waals surface area contributed by atoms with Crippen LogP contribution < -0.4 is 11.1 Å². The summed E-state index contributed by atoms with van der Waals surface area (Å²) in [5.41, 5.74) is 9.31. The van der Waals surface area contributed by atoms with Crippen LogP contribution in [0.25, 0.3) is 0 Å². The lowest BCUT2D eigenvalue weighted by Gasteiger charge is -2.32. The third-order valence-corrected chi connectivity index (χ3v) is 4.79. The van der Waals surface area contributed by atoms with Gasteiger partial charge in [0, 0.05) is 5.02 Å². The van der Waals surface area contributed by atoms with Crippen LogP contribution in [-0.2, 0) is 0 Å². The van der Waals surface area contributed by atoms with Crippen LogP contribution in [0.15, 0.2) is 48.5 Å². The first-order valence-corrected chi connectivity index (χ1v) is 8.29. The zero-order valence-corrected chi connectivity index (χ0v) is 14.0. The minimum Gasteiger partial charge on any atom is -0.366 e.